The molecular weight excluding hydrogens is 316 g/mol. The fourth-order valence-electron chi connectivity index (χ4n) is 3.55. The van der Waals surface area contributed by atoms with Crippen molar-refractivity contribution in [2.45, 2.75) is 37.5 Å². The number of benzene rings is 1. The van der Waals surface area contributed by atoms with Crippen LogP contribution in [0.1, 0.15) is 29.6 Å². The lowest BCUT2D eigenvalue weighted by molar-refractivity contribution is -0.0291. The van der Waals surface area contributed by atoms with E-state index >= 15 is 0 Å². The first kappa shape index (κ1) is 16.7. The number of rotatable bonds is 2. The van der Waals surface area contributed by atoms with Gasteiger partial charge in [0.05, 0.1) is 12.2 Å². The van der Waals surface area contributed by atoms with E-state index in [0.29, 0.717) is 23.7 Å². The van der Waals surface area contributed by atoms with Crippen molar-refractivity contribution in [1.82, 2.24) is 9.80 Å². The Morgan fingerprint density at radius 3 is 2.52 bits per heavy atom. The number of halogens is 1. The lowest BCUT2D eigenvalue weighted by Gasteiger charge is -2.43. The van der Waals surface area contributed by atoms with Gasteiger partial charge in [-0.2, -0.15) is 0 Å². The standard InChI is InChI=1S/C17H23ClN2O3/c18-13-3-1-2-12(10-13)17(23)20-9-6-15(16(22)11-20)19-7-4-14(21)5-8-19/h1-3,10,14-16,21-22H,4-9,11H2/t15-,16-/m1/s1. The smallest absolute Gasteiger partial charge is 0.253 e. The molecule has 2 N–H and O–H groups in total. The lowest BCUT2D eigenvalue weighted by atomic mass is 9.96. The molecule has 0 unspecified atom stereocenters. The number of carbonyl (C=O) groups excluding carboxylic acids is 1. The molecule has 0 aliphatic carbocycles. The van der Waals surface area contributed by atoms with E-state index < -0.39 is 6.10 Å². The fraction of sp³-hybridized carbons (Fsp3) is 0.588. The Morgan fingerprint density at radius 1 is 1.13 bits per heavy atom. The first-order valence-electron chi connectivity index (χ1n) is 8.19. The SMILES string of the molecule is O=C(c1cccc(Cl)c1)N1CC[C@@H](N2CCC(O)CC2)[C@H](O)C1. The minimum Gasteiger partial charge on any atom is -0.393 e. The predicted octanol–water partition coefficient (Wildman–Crippen LogP) is 1.37. The van der Waals surface area contributed by atoms with Crippen LogP contribution >= 0.6 is 11.6 Å². The summed E-state index contributed by atoms with van der Waals surface area (Å²) in [6.45, 7) is 2.59. The van der Waals surface area contributed by atoms with Crippen LogP contribution in [0.3, 0.4) is 0 Å². The van der Waals surface area contributed by atoms with Crippen LogP contribution in [0.4, 0.5) is 0 Å². The van der Waals surface area contributed by atoms with Crippen molar-refractivity contribution in [2.75, 3.05) is 26.2 Å². The summed E-state index contributed by atoms with van der Waals surface area (Å²) in [6.07, 6.45) is 1.50. The summed E-state index contributed by atoms with van der Waals surface area (Å²) in [5.74, 6) is -0.0842. The maximum atomic E-state index is 12.5. The average molecular weight is 339 g/mol. The number of amides is 1. The van der Waals surface area contributed by atoms with E-state index in [4.69, 9.17) is 11.6 Å². The largest absolute Gasteiger partial charge is 0.393 e. The number of nitrogens with zero attached hydrogens (tertiary/aromatic N) is 2. The van der Waals surface area contributed by atoms with Gasteiger partial charge in [0.2, 0.25) is 0 Å². The number of β-amino-alcohol motifs (C(OH)–C–C–N with tert-alkyl or cyclic N) is 1. The zero-order chi connectivity index (χ0) is 16.4. The second-order valence-corrected chi connectivity index (χ2v) is 6.89. The first-order valence-corrected chi connectivity index (χ1v) is 8.57. The Balaban J connectivity index is 1.61. The van der Waals surface area contributed by atoms with E-state index in [-0.39, 0.29) is 18.1 Å². The Kier molecular flexibility index (Phi) is 5.21. The molecule has 2 heterocycles. The van der Waals surface area contributed by atoms with Gasteiger partial charge in [0.1, 0.15) is 0 Å². The molecule has 2 saturated heterocycles. The van der Waals surface area contributed by atoms with Crippen molar-refractivity contribution in [3.8, 4) is 0 Å². The van der Waals surface area contributed by atoms with E-state index in [0.717, 1.165) is 32.4 Å². The van der Waals surface area contributed by atoms with Crippen LogP contribution in [0.5, 0.6) is 0 Å². The Labute approximate surface area is 141 Å². The number of piperidine rings is 2. The highest BCUT2D eigenvalue weighted by Crippen LogP contribution is 2.23. The highest BCUT2D eigenvalue weighted by molar-refractivity contribution is 6.30. The molecule has 2 fully saturated rings. The molecule has 2 aliphatic heterocycles. The molecule has 3 rings (SSSR count). The molecule has 0 spiro atoms. The van der Waals surface area contributed by atoms with Crippen molar-refractivity contribution in [3.63, 3.8) is 0 Å². The van der Waals surface area contributed by atoms with E-state index in [9.17, 15) is 15.0 Å². The van der Waals surface area contributed by atoms with Crippen molar-refractivity contribution in [2.24, 2.45) is 0 Å². The van der Waals surface area contributed by atoms with Crippen molar-refractivity contribution >= 4 is 17.5 Å². The van der Waals surface area contributed by atoms with Gasteiger partial charge < -0.3 is 15.1 Å². The number of carbonyl (C=O) groups is 1. The maximum absolute atomic E-state index is 12.5. The molecule has 2 atom stereocenters. The van der Waals surface area contributed by atoms with Crippen molar-refractivity contribution < 1.29 is 15.0 Å². The highest BCUT2D eigenvalue weighted by Gasteiger charge is 2.35. The molecule has 0 saturated carbocycles. The third-order valence-electron chi connectivity index (χ3n) is 4.87. The number of hydrogen-bond acceptors (Lipinski definition) is 4. The molecule has 2 aliphatic rings. The van der Waals surface area contributed by atoms with Crippen LogP contribution in [0.2, 0.25) is 5.02 Å². The van der Waals surface area contributed by atoms with Crippen LogP contribution in [0.25, 0.3) is 0 Å². The minimum absolute atomic E-state index is 0.0749. The molecule has 0 aromatic heterocycles. The van der Waals surface area contributed by atoms with Gasteiger partial charge in [0.25, 0.3) is 5.91 Å². The molecule has 6 heteroatoms. The van der Waals surface area contributed by atoms with E-state index in [1.165, 1.54) is 0 Å². The number of aliphatic hydroxyl groups excluding tert-OH is 2. The quantitative estimate of drug-likeness (QED) is 0.855. The van der Waals surface area contributed by atoms with Crippen molar-refractivity contribution in [1.29, 1.82) is 0 Å². The first-order chi connectivity index (χ1) is 11.0. The summed E-state index contributed by atoms with van der Waals surface area (Å²) in [7, 11) is 0. The van der Waals surface area contributed by atoms with Crippen LogP contribution in [0.15, 0.2) is 24.3 Å². The predicted molar refractivity (Wildman–Crippen MR) is 88.6 cm³/mol. The molecule has 0 radical (unpaired) electrons. The van der Waals surface area contributed by atoms with Crippen LogP contribution in [-0.2, 0) is 0 Å². The summed E-state index contributed by atoms with van der Waals surface area (Å²) in [5.41, 5.74) is 0.559. The maximum Gasteiger partial charge on any atom is 0.253 e. The zero-order valence-electron chi connectivity index (χ0n) is 13.1. The number of likely N-dealkylation sites (tertiary alicyclic amines) is 2. The third kappa shape index (κ3) is 3.86. The van der Waals surface area contributed by atoms with Gasteiger partial charge in [-0.05, 0) is 37.5 Å². The average Bonchev–Trinajstić information content (AvgIpc) is 2.55. The highest BCUT2D eigenvalue weighted by atomic mass is 35.5. The van der Waals surface area contributed by atoms with E-state index in [1.807, 2.05) is 0 Å². The van der Waals surface area contributed by atoms with Gasteiger partial charge >= 0.3 is 0 Å². The van der Waals surface area contributed by atoms with Gasteiger partial charge in [0.15, 0.2) is 0 Å². The summed E-state index contributed by atoms with van der Waals surface area (Å²) in [5, 5.41) is 20.6. The number of hydrogen-bond donors (Lipinski definition) is 2. The third-order valence-corrected chi connectivity index (χ3v) is 5.11. The van der Waals surface area contributed by atoms with Gasteiger partial charge in [-0.15, -0.1) is 0 Å². The van der Waals surface area contributed by atoms with E-state index in [2.05, 4.69) is 4.90 Å². The van der Waals surface area contributed by atoms with Gasteiger partial charge in [-0.3, -0.25) is 9.69 Å². The van der Waals surface area contributed by atoms with Crippen LogP contribution in [0, 0.1) is 0 Å². The summed E-state index contributed by atoms with van der Waals surface area (Å²) < 4.78 is 0. The molecule has 0 bridgehead atoms. The van der Waals surface area contributed by atoms with Gasteiger partial charge in [-0.25, -0.2) is 0 Å². The normalized spacial score (nSPS) is 27.2. The monoisotopic (exact) mass is 338 g/mol. The fourth-order valence-corrected chi connectivity index (χ4v) is 3.74. The topological polar surface area (TPSA) is 64.0 Å². The Hall–Kier alpha value is -1.14. The summed E-state index contributed by atoms with van der Waals surface area (Å²) in [4.78, 5) is 16.5. The molecule has 5 nitrogen and oxygen atoms in total. The van der Waals surface area contributed by atoms with Crippen LogP contribution < -0.4 is 0 Å². The van der Waals surface area contributed by atoms with Gasteiger partial charge in [0, 0.05) is 42.8 Å². The molecule has 1 aromatic rings. The summed E-state index contributed by atoms with van der Waals surface area (Å²) in [6, 6.07) is 6.99. The minimum atomic E-state index is -0.554. The lowest BCUT2D eigenvalue weighted by Crippen LogP contribution is -2.57. The van der Waals surface area contributed by atoms with Crippen LogP contribution in [-0.4, -0.2) is 70.3 Å². The van der Waals surface area contributed by atoms with E-state index in [1.54, 1.807) is 29.2 Å². The number of aliphatic hydroxyl groups is 2. The Morgan fingerprint density at radius 2 is 1.87 bits per heavy atom. The van der Waals surface area contributed by atoms with Crippen molar-refractivity contribution in [3.05, 3.63) is 34.9 Å². The molecule has 1 aromatic carbocycles. The molecule has 126 valence electrons. The molecular formula is C17H23ClN2O3. The molecule has 23 heavy (non-hydrogen) atoms. The zero-order valence-corrected chi connectivity index (χ0v) is 13.8. The summed E-state index contributed by atoms with van der Waals surface area (Å²) >= 11 is 5.95. The second-order valence-electron chi connectivity index (χ2n) is 6.45. The molecule has 1 amide bonds. The Bertz CT molecular complexity index is 561. The second kappa shape index (κ2) is 7.18. The van der Waals surface area contributed by atoms with Gasteiger partial charge in [-0.1, -0.05) is 17.7 Å².